The average Bonchev–Trinajstić information content (AvgIpc) is 2.43. The van der Waals surface area contributed by atoms with Crippen molar-refractivity contribution >= 4 is 16.0 Å². The molecule has 0 atom stereocenters. The van der Waals surface area contributed by atoms with Gasteiger partial charge in [-0.15, -0.1) is 0 Å². The molecule has 0 aromatic heterocycles. The molecule has 0 saturated carbocycles. The zero-order valence-corrected chi connectivity index (χ0v) is 11.9. The second-order valence-corrected chi connectivity index (χ2v) is 6.08. The minimum absolute atomic E-state index is 0.0306. The van der Waals surface area contributed by atoms with E-state index in [1.54, 1.807) is 0 Å². The van der Waals surface area contributed by atoms with Gasteiger partial charge in [-0.05, 0) is 30.7 Å². The summed E-state index contributed by atoms with van der Waals surface area (Å²) in [6.07, 6.45) is 0.754. The summed E-state index contributed by atoms with van der Waals surface area (Å²) in [5, 5.41) is 17.4. The summed E-state index contributed by atoms with van der Waals surface area (Å²) < 4.78 is 26.0. The summed E-state index contributed by atoms with van der Waals surface area (Å²) in [7, 11) is -3.69. The lowest BCUT2D eigenvalue weighted by molar-refractivity contribution is 0.0696. The van der Waals surface area contributed by atoms with Crippen molar-refractivity contribution in [2.24, 2.45) is 0 Å². The van der Waals surface area contributed by atoms with Crippen LogP contribution in [0.15, 0.2) is 29.2 Å². The number of carbonyl (C=O) groups is 1. The van der Waals surface area contributed by atoms with Gasteiger partial charge in [-0.3, -0.25) is 0 Å². The van der Waals surface area contributed by atoms with Gasteiger partial charge in [0, 0.05) is 19.5 Å². The van der Waals surface area contributed by atoms with Crippen molar-refractivity contribution in [3.05, 3.63) is 29.8 Å². The van der Waals surface area contributed by atoms with E-state index >= 15 is 0 Å². The van der Waals surface area contributed by atoms with E-state index in [0.717, 1.165) is 0 Å². The Hall–Kier alpha value is -1.91. The highest BCUT2D eigenvalue weighted by Crippen LogP contribution is 2.17. The van der Waals surface area contributed by atoms with Crippen molar-refractivity contribution in [1.29, 1.82) is 5.26 Å². The molecule has 0 aliphatic heterocycles. The smallest absolute Gasteiger partial charge is 0.335 e. The topological polar surface area (TPSA) is 98.5 Å². The quantitative estimate of drug-likeness (QED) is 0.825. The van der Waals surface area contributed by atoms with Gasteiger partial charge in [0.15, 0.2) is 0 Å². The molecule has 0 fully saturated rings. The molecule has 0 heterocycles. The average molecular weight is 296 g/mol. The zero-order chi connectivity index (χ0) is 15.2. The number of aromatic carboxylic acids is 1. The minimum Gasteiger partial charge on any atom is -0.478 e. The van der Waals surface area contributed by atoms with E-state index in [-0.39, 0.29) is 23.4 Å². The first-order chi connectivity index (χ1) is 9.43. The highest BCUT2D eigenvalue weighted by atomic mass is 32.2. The minimum atomic E-state index is -3.69. The van der Waals surface area contributed by atoms with Crippen molar-refractivity contribution in [3.63, 3.8) is 0 Å². The van der Waals surface area contributed by atoms with Crippen LogP contribution in [-0.2, 0) is 10.0 Å². The number of hydrogen-bond donors (Lipinski definition) is 1. The normalized spacial score (nSPS) is 11.2. The first-order valence-corrected chi connectivity index (χ1v) is 7.58. The fourth-order valence-electron chi connectivity index (χ4n) is 1.69. The molecular weight excluding hydrogens is 280 g/mol. The second-order valence-electron chi connectivity index (χ2n) is 4.14. The summed E-state index contributed by atoms with van der Waals surface area (Å²) in [4.78, 5) is 10.8. The summed E-state index contributed by atoms with van der Waals surface area (Å²) in [5.41, 5.74) is 0.0306. The fourth-order valence-corrected chi connectivity index (χ4v) is 3.23. The van der Waals surface area contributed by atoms with Crippen molar-refractivity contribution in [1.82, 2.24) is 4.31 Å². The fraction of sp³-hybridized carbons (Fsp3) is 0.385. The molecule has 6 nitrogen and oxygen atoms in total. The van der Waals surface area contributed by atoms with Crippen molar-refractivity contribution < 1.29 is 18.3 Å². The van der Waals surface area contributed by atoms with Gasteiger partial charge in [0.05, 0.1) is 16.5 Å². The van der Waals surface area contributed by atoms with Crippen LogP contribution in [0, 0.1) is 11.3 Å². The molecule has 0 amide bonds. The molecule has 0 radical (unpaired) electrons. The zero-order valence-electron chi connectivity index (χ0n) is 11.1. The first-order valence-electron chi connectivity index (χ1n) is 6.14. The lowest BCUT2D eigenvalue weighted by atomic mass is 10.2. The molecule has 0 unspecified atom stereocenters. The van der Waals surface area contributed by atoms with Crippen molar-refractivity contribution in [2.75, 3.05) is 13.1 Å². The summed E-state index contributed by atoms with van der Waals surface area (Å²) in [5.74, 6) is -1.11. The molecule has 1 rings (SSSR count). The van der Waals surface area contributed by atoms with E-state index in [9.17, 15) is 13.2 Å². The van der Waals surface area contributed by atoms with Crippen LogP contribution in [0.4, 0.5) is 0 Å². The third kappa shape index (κ3) is 3.79. The van der Waals surface area contributed by atoms with Gasteiger partial charge in [-0.2, -0.15) is 9.57 Å². The maximum atomic E-state index is 12.4. The number of hydrogen-bond acceptors (Lipinski definition) is 4. The Morgan fingerprint density at radius 3 is 2.35 bits per heavy atom. The molecule has 1 aromatic rings. The maximum absolute atomic E-state index is 12.4. The molecule has 0 aliphatic rings. The van der Waals surface area contributed by atoms with Crippen LogP contribution in [0.3, 0.4) is 0 Å². The highest BCUT2D eigenvalue weighted by Gasteiger charge is 2.23. The Morgan fingerprint density at radius 2 is 1.90 bits per heavy atom. The number of rotatable bonds is 7. The van der Waals surface area contributed by atoms with Crippen LogP contribution in [0.5, 0.6) is 0 Å². The number of benzene rings is 1. The number of sulfonamides is 1. The predicted molar refractivity (Wildman–Crippen MR) is 72.7 cm³/mol. The summed E-state index contributed by atoms with van der Waals surface area (Å²) >= 11 is 0. The second kappa shape index (κ2) is 7.03. The Labute approximate surface area is 118 Å². The third-order valence-corrected chi connectivity index (χ3v) is 4.60. The molecule has 7 heteroatoms. The third-order valence-electron chi connectivity index (χ3n) is 2.69. The molecular formula is C13H16N2O4S. The summed E-state index contributed by atoms with van der Waals surface area (Å²) in [6, 6.07) is 6.97. The van der Waals surface area contributed by atoms with E-state index < -0.39 is 16.0 Å². The number of nitrogens with zero attached hydrogens (tertiary/aromatic N) is 2. The molecule has 0 bridgehead atoms. The predicted octanol–water partition coefficient (Wildman–Crippen LogP) is 1.70. The highest BCUT2D eigenvalue weighted by molar-refractivity contribution is 7.89. The van der Waals surface area contributed by atoms with Crippen LogP contribution in [-0.4, -0.2) is 36.9 Å². The van der Waals surface area contributed by atoms with E-state index in [1.165, 1.54) is 28.6 Å². The van der Waals surface area contributed by atoms with Gasteiger partial charge in [-0.25, -0.2) is 13.2 Å². The Morgan fingerprint density at radius 1 is 1.30 bits per heavy atom. The Kier molecular flexibility index (Phi) is 5.67. The summed E-state index contributed by atoms with van der Waals surface area (Å²) in [6.45, 7) is 2.31. The van der Waals surface area contributed by atoms with E-state index in [2.05, 4.69) is 0 Å². The van der Waals surface area contributed by atoms with Gasteiger partial charge in [-0.1, -0.05) is 6.92 Å². The molecule has 0 saturated heterocycles. The van der Waals surface area contributed by atoms with Gasteiger partial charge >= 0.3 is 5.97 Å². The lowest BCUT2D eigenvalue weighted by Gasteiger charge is -2.20. The van der Waals surface area contributed by atoms with Crippen LogP contribution in [0.2, 0.25) is 0 Å². The van der Waals surface area contributed by atoms with Crippen LogP contribution < -0.4 is 0 Å². The molecule has 108 valence electrons. The molecule has 1 aromatic carbocycles. The van der Waals surface area contributed by atoms with E-state index in [4.69, 9.17) is 10.4 Å². The Bertz CT molecular complexity index is 602. The monoisotopic (exact) mass is 296 g/mol. The Balaban J connectivity index is 3.06. The number of nitriles is 1. The van der Waals surface area contributed by atoms with Crippen LogP contribution in [0.25, 0.3) is 0 Å². The standard InChI is InChI=1S/C13H16N2O4S/c1-2-9-15(10-3-8-14)20(18,19)12-6-4-11(5-7-12)13(16)17/h4-7H,2-3,9-10H2,1H3,(H,16,17). The van der Waals surface area contributed by atoms with E-state index in [0.29, 0.717) is 13.0 Å². The number of carboxylic acid groups (broad SMARTS) is 1. The lowest BCUT2D eigenvalue weighted by Crippen LogP contribution is -2.32. The van der Waals surface area contributed by atoms with Crippen molar-refractivity contribution in [2.45, 2.75) is 24.7 Å². The van der Waals surface area contributed by atoms with Gasteiger partial charge < -0.3 is 5.11 Å². The van der Waals surface area contributed by atoms with Crippen LogP contribution >= 0.6 is 0 Å². The van der Waals surface area contributed by atoms with Gasteiger partial charge in [0.2, 0.25) is 10.0 Å². The van der Waals surface area contributed by atoms with Gasteiger partial charge in [0.1, 0.15) is 0 Å². The molecule has 20 heavy (non-hydrogen) atoms. The first kappa shape index (κ1) is 16.1. The van der Waals surface area contributed by atoms with Gasteiger partial charge in [0.25, 0.3) is 0 Å². The molecule has 1 N–H and O–H groups in total. The number of carboxylic acids is 1. The van der Waals surface area contributed by atoms with Crippen LogP contribution in [0.1, 0.15) is 30.1 Å². The van der Waals surface area contributed by atoms with E-state index in [1.807, 2.05) is 13.0 Å². The maximum Gasteiger partial charge on any atom is 0.335 e. The molecule has 0 aliphatic carbocycles. The van der Waals surface area contributed by atoms with Crippen molar-refractivity contribution in [3.8, 4) is 6.07 Å². The largest absolute Gasteiger partial charge is 0.478 e. The SMILES string of the molecule is CCCN(CCC#N)S(=O)(=O)c1ccc(C(=O)O)cc1. The molecule has 0 spiro atoms.